The van der Waals surface area contributed by atoms with Crippen LogP contribution in [0.5, 0.6) is 0 Å². The van der Waals surface area contributed by atoms with Gasteiger partial charge in [-0.25, -0.2) is 4.39 Å². The first-order valence-electron chi connectivity index (χ1n) is 5.76. The Bertz CT molecular complexity index is 431. The second-order valence-electron chi connectivity index (χ2n) is 4.47. The molecule has 0 unspecified atom stereocenters. The van der Waals surface area contributed by atoms with E-state index in [1.807, 2.05) is 11.9 Å². The van der Waals surface area contributed by atoms with Gasteiger partial charge in [0.1, 0.15) is 5.82 Å². The summed E-state index contributed by atoms with van der Waals surface area (Å²) in [6.45, 7) is 0. The molecule has 2 rings (SSSR count). The number of nitro groups is 1. The maximum Gasteiger partial charge on any atom is 0.274 e. The van der Waals surface area contributed by atoms with Crippen LogP contribution in [0.2, 0.25) is 0 Å². The molecule has 4 nitrogen and oxygen atoms in total. The highest BCUT2D eigenvalue weighted by Crippen LogP contribution is 2.29. The summed E-state index contributed by atoms with van der Waals surface area (Å²) in [5, 5.41) is 10.7. The molecule has 1 fully saturated rings. The van der Waals surface area contributed by atoms with Crippen LogP contribution in [0, 0.1) is 15.9 Å². The zero-order valence-corrected chi connectivity index (χ0v) is 9.73. The van der Waals surface area contributed by atoms with E-state index in [9.17, 15) is 14.5 Å². The Morgan fingerprint density at radius 2 is 2.00 bits per heavy atom. The summed E-state index contributed by atoms with van der Waals surface area (Å²) in [6, 6.07) is 4.11. The molecule has 0 heterocycles. The summed E-state index contributed by atoms with van der Waals surface area (Å²) < 4.78 is 13.3. The molecule has 1 saturated carbocycles. The third-order valence-electron chi connectivity index (χ3n) is 3.36. The van der Waals surface area contributed by atoms with E-state index in [2.05, 4.69) is 0 Å². The normalized spacial score (nSPS) is 16.1. The molecule has 0 N–H and O–H groups in total. The first-order chi connectivity index (χ1) is 8.08. The predicted molar refractivity (Wildman–Crippen MR) is 63.7 cm³/mol. The molecule has 0 atom stereocenters. The van der Waals surface area contributed by atoms with Gasteiger partial charge in [-0.3, -0.25) is 10.1 Å². The van der Waals surface area contributed by atoms with Crippen molar-refractivity contribution in [2.24, 2.45) is 0 Å². The van der Waals surface area contributed by atoms with E-state index in [4.69, 9.17) is 0 Å². The number of non-ortho nitro benzene ring substituents is 1. The largest absolute Gasteiger partial charge is 0.371 e. The molecule has 1 aromatic carbocycles. The molecular formula is C12H15FN2O2. The highest BCUT2D eigenvalue weighted by Gasteiger charge is 2.21. The van der Waals surface area contributed by atoms with Gasteiger partial charge in [-0.2, -0.15) is 0 Å². The molecule has 1 aliphatic carbocycles. The van der Waals surface area contributed by atoms with Crippen LogP contribution in [0.4, 0.5) is 15.8 Å². The molecule has 1 aliphatic rings. The average molecular weight is 238 g/mol. The summed E-state index contributed by atoms with van der Waals surface area (Å²) in [4.78, 5) is 12.1. The molecule has 0 saturated heterocycles. The Morgan fingerprint density at radius 3 is 2.59 bits per heavy atom. The molecule has 92 valence electrons. The summed E-state index contributed by atoms with van der Waals surface area (Å²) in [5.74, 6) is -0.556. The lowest BCUT2D eigenvalue weighted by molar-refractivity contribution is -0.385. The molecule has 0 spiro atoms. The standard InChI is InChI=1S/C12H15FN2O2/c1-14(10-4-2-3-5-10)11-6-9(13)7-12(8-11)15(16)17/h6-8,10H,2-5H2,1H3. The van der Waals surface area contributed by atoms with Gasteiger partial charge in [0.2, 0.25) is 0 Å². The fourth-order valence-electron chi connectivity index (χ4n) is 2.37. The van der Waals surface area contributed by atoms with Gasteiger partial charge in [0, 0.05) is 24.8 Å². The zero-order valence-electron chi connectivity index (χ0n) is 9.73. The first kappa shape index (κ1) is 11.8. The first-order valence-corrected chi connectivity index (χ1v) is 5.76. The fraction of sp³-hybridized carbons (Fsp3) is 0.500. The lowest BCUT2D eigenvalue weighted by atomic mass is 10.2. The summed E-state index contributed by atoms with van der Waals surface area (Å²) in [7, 11) is 1.87. The minimum Gasteiger partial charge on any atom is -0.371 e. The molecular weight excluding hydrogens is 223 g/mol. The van der Waals surface area contributed by atoms with E-state index in [1.54, 1.807) is 0 Å². The molecule has 1 aromatic rings. The van der Waals surface area contributed by atoms with Crippen LogP contribution in [0.1, 0.15) is 25.7 Å². The van der Waals surface area contributed by atoms with Crippen molar-refractivity contribution >= 4 is 11.4 Å². The maximum absolute atomic E-state index is 13.3. The molecule has 0 amide bonds. The second-order valence-corrected chi connectivity index (χ2v) is 4.47. The number of nitrogens with zero attached hydrogens (tertiary/aromatic N) is 2. The molecule has 0 radical (unpaired) electrons. The summed E-state index contributed by atoms with van der Waals surface area (Å²) >= 11 is 0. The lowest BCUT2D eigenvalue weighted by Crippen LogP contribution is -2.28. The molecule has 0 bridgehead atoms. The van der Waals surface area contributed by atoms with E-state index in [0.717, 1.165) is 18.9 Å². The number of anilines is 1. The number of hydrogen-bond acceptors (Lipinski definition) is 3. The lowest BCUT2D eigenvalue weighted by Gasteiger charge is -2.26. The number of hydrogen-bond donors (Lipinski definition) is 0. The SMILES string of the molecule is CN(c1cc(F)cc([N+](=O)[O-])c1)C1CCCC1. The number of benzene rings is 1. The van der Waals surface area contributed by atoms with E-state index < -0.39 is 10.7 Å². The van der Waals surface area contributed by atoms with Gasteiger partial charge in [0.15, 0.2) is 0 Å². The van der Waals surface area contributed by atoms with Crippen LogP contribution in [-0.2, 0) is 0 Å². The molecule has 0 aliphatic heterocycles. The highest BCUT2D eigenvalue weighted by atomic mass is 19.1. The Morgan fingerprint density at radius 1 is 1.35 bits per heavy atom. The third kappa shape index (κ3) is 2.54. The number of nitro benzene ring substituents is 1. The van der Waals surface area contributed by atoms with Crippen LogP contribution in [-0.4, -0.2) is 18.0 Å². The van der Waals surface area contributed by atoms with E-state index in [-0.39, 0.29) is 5.69 Å². The van der Waals surface area contributed by atoms with Gasteiger partial charge in [-0.05, 0) is 18.9 Å². The van der Waals surface area contributed by atoms with Crippen molar-refractivity contribution in [3.63, 3.8) is 0 Å². The van der Waals surface area contributed by atoms with E-state index in [0.29, 0.717) is 11.7 Å². The zero-order chi connectivity index (χ0) is 12.4. The second kappa shape index (κ2) is 4.69. The number of rotatable bonds is 3. The van der Waals surface area contributed by atoms with Crippen molar-refractivity contribution in [1.82, 2.24) is 0 Å². The summed E-state index contributed by atoms with van der Waals surface area (Å²) in [6.07, 6.45) is 4.49. The van der Waals surface area contributed by atoms with E-state index >= 15 is 0 Å². The molecule has 0 aromatic heterocycles. The summed E-state index contributed by atoms with van der Waals surface area (Å²) in [5.41, 5.74) is 0.397. The van der Waals surface area contributed by atoms with Gasteiger partial charge in [0.25, 0.3) is 5.69 Å². The Labute approximate surface area is 99.2 Å². The van der Waals surface area contributed by atoms with Crippen molar-refractivity contribution in [3.05, 3.63) is 34.1 Å². The third-order valence-corrected chi connectivity index (χ3v) is 3.36. The van der Waals surface area contributed by atoms with Gasteiger partial charge < -0.3 is 4.90 Å². The quantitative estimate of drug-likeness (QED) is 0.600. The van der Waals surface area contributed by atoms with Crippen molar-refractivity contribution in [2.45, 2.75) is 31.7 Å². The van der Waals surface area contributed by atoms with Crippen LogP contribution < -0.4 is 4.90 Å². The van der Waals surface area contributed by atoms with Crippen LogP contribution in [0.25, 0.3) is 0 Å². The average Bonchev–Trinajstić information content (AvgIpc) is 2.80. The molecule has 5 heteroatoms. The minimum atomic E-state index is -0.560. The van der Waals surface area contributed by atoms with Crippen LogP contribution in [0.15, 0.2) is 18.2 Å². The van der Waals surface area contributed by atoms with Crippen LogP contribution >= 0.6 is 0 Å². The van der Waals surface area contributed by atoms with Gasteiger partial charge in [-0.1, -0.05) is 12.8 Å². The van der Waals surface area contributed by atoms with Crippen molar-refractivity contribution in [1.29, 1.82) is 0 Å². The van der Waals surface area contributed by atoms with Crippen molar-refractivity contribution in [2.75, 3.05) is 11.9 Å². The number of halogens is 1. The van der Waals surface area contributed by atoms with Crippen LogP contribution in [0.3, 0.4) is 0 Å². The Balaban J connectivity index is 2.27. The van der Waals surface area contributed by atoms with Crippen molar-refractivity contribution in [3.8, 4) is 0 Å². The smallest absolute Gasteiger partial charge is 0.274 e. The molecule has 17 heavy (non-hydrogen) atoms. The minimum absolute atomic E-state index is 0.190. The van der Waals surface area contributed by atoms with Crippen molar-refractivity contribution < 1.29 is 9.31 Å². The van der Waals surface area contributed by atoms with E-state index in [1.165, 1.54) is 25.0 Å². The van der Waals surface area contributed by atoms with Gasteiger partial charge in [-0.15, -0.1) is 0 Å². The van der Waals surface area contributed by atoms with Gasteiger partial charge >= 0.3 is 0 Å². The highest BCUT2D eigenvalue weighted by molar-refractivity contribution is 5.53. The topological polar surface area (TPSA) is 46.4 Å². The fourth-order valence-corrected chi connectivity index (χ4v) is 2.37. The Hall–Kier alpha value is -1.65. The maximum atomic E-state index is 13.3. The van der Waals surface area contributed by atoms with Gasteiger partial charge in [0.05, 0.1) is 11.0 Å². The Kier molecular flexibility index (Phi) is 3.26. The predicted octanol–water partition coefficient (Wildman–Crippen LogP) is 3.11. The monoisotopic (exact) mass is 238 g/mol.